The van der Waals surface area contributed by atoms with Gasteiger partial charge in [-0.05, 0) is 51.9 Å². The molecule has 2 aliphatic rings. The molecule has 1 fully saturated rings. The highest BCUT2D eigenvalue weighted by atomic mass is 127. The SMILES string of the molecule is COc1ccc(C2C(C#N)=C(N)OC3NNC(c4cccnc4)C32)cc1I. The highest BCUT2D eigenvalue weighted by Crippen LogP contribution is 2.47. The highest BCUT2D eigenvalue weighted by Gasteiger charge is 2.49. The largest absolute Gasteiger partial charge is 0.496 e. The average molecular weight is 475 g/mol. The maximum atomic E-state index is 9.79. The molecule has 0 amide bonds. The van der Waals surface area contributed by atoms with Crippen molar-refractivity contribution in [3.05, 3.63) is 68.9 Å². The number of ether oxygens (including phenoxy) is 2. The van der Waals surface area contributed by atoms with Gasteiger partial charge in [0.1, 0.15) is 11.8 Å². The first-order chi connectivity index (χ1) is 13.1. The second-order valence-corrected chi connectivity index (χ2v) is 7.59. The summed E-state index contributed by atoms with van der Waals surface area (Å²) in [6.45, 7) is 0. The molecule has 0 spiro atoms. The molecule has 27 heavy (non-hydrogen) atoms. The van der Waals surface area contributed by atoms with Gasteiger partial charge >= 0.3 is 0 Å². The van der Waals surface area contributed by atoms with Gasteiger partial charge in [-0.3, -0.25) is 4.98 Å². The predicted molar refractivity (Wildman–Crippen MR) is 107 cm³/mol. The van der Waals surface area contributed by atoms with Crippen LogP contribution in [0.25, 0.3) is 0 Å². The number of nitriles is 1. The van der Waals surface area contributed by atoms with Crippen molar-refractivity contribution in [3.63, 3.8) is 0 Å². The Bertz CT molecular complexity index is 927. The summed E-state index contributed by atoms with van der Waals surface area (Å²) >= 11 is 2.24. The normalized spacial score (nSPS) is 26.9. The van der Waals surface area contributed by atoms with Gasteiger partial charge < -0.3 is 15.2 Å². The van der Waals surface area contributed by atoms with Crippen LogP contribution in [-0.2, 0) is 4.74 Å². The minimum Gasteiger partial charge on any atom is -0.496 e. The third kappa shape index (κ3) is 3.12. The minimum absolute atomic E-state index is 0.0691. The van der Waals surface area contributed by atoms with Gasteiger partial charge in [0.05, 0.1) is 22.3 Å². The van der Waals surface area contributed by atoms with E-state index in [-0.39, 0.29) is 30.0 Å². The van der Waals surface area contributed by atoms with Gasteiger partial charge in [-0.2, -0.15) is 5.26 Å². The first-order valence-electron chi connectivity index (χ1n) is 8.45. The molecule has 4 unspecified atom stereocenters. The highest BCUT2D eigenvalue weighted by molar-refractivity contribution is 14.1. The number of hydrogen-bond acceptors (Lipinski definition) is 7. The van der Waals surface area contributed by atoms with E-state index in [0.717, 1.165) is 20.4 Å². The predicted octanol–water partition coefficient (Wildman–Crippen LogP) is 2.29. The second-order valence-electron chi connectivity index (χ2n) is 6.43. The Morgan fingerprint density at radius 2 is 2.15 bits per heavy atom. The monoisotopic (exact) mass is 475 g/mol. The van der Waals surface area contributed by atoms with E-state index < -0.39 is 0 Å². The number of nitrogens with zero attached hydrogens (tertiary/aromatic N) is 2. The third-order valence-electron chi connectivity index (χ3n) is 5.03. The van der Waals surface area contributed by atoms with Crippen molar-refractivity contribution in [2.75, 3.05) is 7.11 Å². The van der Waals surface area contributed by atoms with Gasteiger partial charge in [0.2, 0.25) is 5.88 Å². The summed E-state index contributed by atoms with van der Waals surface area (Å²) in [5, 5.41) is 9.79. The van der Waals surface area contributed by atoms with Gasteiger partial charge in [-0.1, -0.05) is 12.1 Å². The number of aromatic nitrogens is 1. The number of methoxy groups -OCH3 is 1. The molecule has 4 N–H and O–H groups in total. The molecular weight excluding hydrogens is 457 g/mol. The van der Waals surface area contributed by atoms with Crippen molar-refractivity contribution in [2.45, 2.75) is 18.2 Å². The van der Waals surface area contributed by atoms with Gasteiger partial charge in [-0.25, -0.2) is 10.9 Å². The number of halogens is 1. The summed E-state index contributed by atoms with van der Waals surface area (Å²) in [7, 11) is 1.64. The van der Waals surface area contributed by atoms with Crippen LogP contribution in [0.1, 0.15) is 23.1 Å². The van der Waals surface area contributed by atoms with Crippen LogP contribution in [0.2, 0.25) is 0 Å². The fraction of sp³-hybridized carbons (Fsp3) is 0.263. The Morgan fingerprint density at radius 3 is 2.81 bits per heavy atom. The molecule has 1 aromatic heterocycles. The standard InChI is InChI=1S/C19H18IN5O2/c1-26-14-5-4-10(7-13(14)20)15-12(8-21)18(22)27-19-16(15)17(24-25-19)11-3-2-6-23-9-11/h2-7,9,15-17,19,24-25H,22H2,1H3. The molecule has 3 heterocycles. The summed E-state index contributed by atoms with van der Waals surface area (Å²) in [5.74, 6) is 0.668. The fourth-order valence-corrected chi connectivity index (χ4v) is 4.58. The zero-order chi connectivity index (χ0) is 19.0. The number of fused-ring (bicyclic) bond motifs is 1. The van der Waals surface area contributed by atoms with E-state index in [1.807, 2.05) is 36.5 Å². The fourth-order valence-electron chi connectivity index (χ4n) is 3.82. The number of nitrogens with two attached hydrogens (primary N) is 1. The van der Waals surface area contributed by atoms with Crippen molar-refractivity contribution in [3.8, 4) is 11.8 Å². The quantitative estimate of drug-likeness (QED) is 0.586. The summed E-state index contributed by atoms with van der Waals surface area (Å²) in [6, 6.07) is 12.0. The Kier molecular flexibility index (Phi) is 4.90. The molecular formula is C19H18IN5O2. The van der Waals surface area contributed by atoms with Crippen molar-refractivity contribution < 1.29 is 9.47 Å². The van der Waals surface area contributed by atoms with Gasteiger partial charge in [-0.15, -0.1) is 0 Å². The summed E-state index contributed by atoms with van der Waals surface area (Å²) < 4.78 is 12.2. The summed E-state index contributed by atoms with van der Waals surface area (Å²) in [6.07, 6.45) is 3.21. The molecule has 138 valence electrons. The van der Waals surface area contributed by atoms with E-state index in [0.29, 0.717) is 5.57 Å². The molecule has 1 aromatic carbocycles. The lowest BCUT2D eigenvalue weighted by molar-refractivity contribution is 0.0340. The van der Waals surface area contributed by atoms with E-state index in [2.05, 4.69) is 44.5 Å². The Hall–Kier alpha value is -2.35. The maximum Gasteiger partial charge on any atom is 0.200 e. The lowest BCUT2D eigenvalue weighted by Crippen LogP contribution is -2.41. The molecule has 8 heteroatoms. The summed E-state index contributed by atoms with van der Waals surface area (Å²) in [5.41, 5.74) is 15.0. The van der Waals surface area contributed by atoms with Gasteiger partial charge in [0, 0.05) is 24.2 Å². The topological polar surface area (TPSA) is 105 Å². The smallest absolute Gasteiger partial charge is 0.200 e. The van der Waals surface area contributed by atoms with Crippen LogP contribution in [0, 0.1) is 20.8 Å². The van der Waals surface area contributed by atoms with Crippen LogP contribution in [0.3, 0.4) is 0 Å². The zero-order valence-electron chi connectivity index (χ0n) is 14.5. The van der Waals surface area contributed by atoms with Gasteiger partial charge in [0.15, 0.2) is 6.23 Å². The average Bonchev–Trinajstić information content (AvgIpc) is 3.10. The second kappa shape index (κ2) is 7.34. The molecule has 2 aliphatic heterocycles. The van der Waals surface area contributed by atoms with Crippen molar-refractivity contribution in [1.29, 1.82) is 5.26 Å². The lowest BCUT2D eigenvalue weighted by atomic mass is 9.74. The molecule has 2 aromatic rings. The van der Waals surface area contributed by atoms with Crippen LogP contribution in [0.5, 0.6) is 5.75 Å². The van der Waals surface area contributed by atoms with E-state index in [1.165, 1.54) is 0 Å². The molecule has 4 atom stereocenters. The Balaban J connectivity index is 1.82. The molecule has 4 rings (SSSR count). The number of hydrogen-bond donors (Lipinski definition) is 3. The van der Waals surface area contributed by atoms with Crippen molar-refractivity contribution in [1.82, 2.24) is 15.8 Å². The number of benzene rings is 1. The van der Waals surface area contributed by atoms with Crippen LogP contribution < -0.4 is 21.3 Å². The van der Waals surface area contributed by atoms with E-state index in [9.17, 15) is 5.26 Å². The first-order valence-corrected chi connectivity index (χ1v) is 9.52. The van der Waals surface area contributed by atoms with Crippen LogP contribution in [0.4, 0.5) is 0 Å². The Labute approximate surface area is 170 Å². The molecule has 0 saturated carbocycles. The number of nitrogens with one attached hydrogen (secondary N) is 2. The molecule has 0 radical (unpaired) electrons. The first kappa shape index (κ1) is 18.0. The number of hydrazine groups is 1. The maximum absolute atomic E-state index is 9.79. The summed E-state index contributed by atoms with van der Waals surface area (Å²) in [4.78, 5) is 4.23. The third-order valence-corrected chi connectivity index (χ3v) is 5.87. The number of allylic oxidation sites excluding steroid dienone is 1. The van der Waals surface area contributed by atoms with E-state index in [1.54, 1.807) is 13.3 Å². The number of rotatable bonds is 3. The number of pyridine rings is 1. The minimum atomic E-state index is -0.350. The lowest BCUT2D eigenvalue weighted by Gasteiger charge is -2.36. The van der Waals surface area contributed by atoms with Crippen LogP contribution in [0.15, 0.2) is 54.2 Å². The molecule has 0 bridgehead atoms. The van der Waals surface area contributed by atoms with E-state index >= 15 is 0 Å². The molecule has 1 saturated heterocycles. The van der Waals surface area contributed by atoms with Crippen molar-refractivity contribution >= 4 is 22.6 Å². The molecule has 7 nitrogen and oxygen atoms in total. The van der Waals surface area contributed by atoms with Gasteiger partial charge in [0.25, 0.3) is 0 Å². The van der Waals surface area contributed by atoms with Crippen molar-refractivity contribution in [2.24, 2.45) is 11.7 Å². The Morgan fingerprint density at radius 1 is 1.30 bits per heavy atom. The molecule has 0 aliphatic carbocycles. The van der Waals surface area contributed by atoms with E-state index in [4.69, 9.17) is 15.2 Å². The van der Waals surface area contributed by atoms with Crippen LogP contribution >= 0.6 is 22.6 Å². The van der Waals surface area contributed by atoms with Crippen LogP contribution in [-0.4, -0.2) is 18.3 Å². The zero-order valence-corrected chi connectivity index (χ0v) is 16.7.